The number of ketones is 1. The van der Waals surface area contributed by atoms with Crippen LogP contribution in [-0.2, 0) is 11.2 Å². The lowest BCUT2D eigenvalue weighted by Gasteiger charge is -2.53. The maximum absolute atomic E-state index is 12.2. The molecule has 3 heteroatoms. The molecule has 1 spiro atoms. The fourth-order valence-electron chi connectivity index (χ4n) is 4.71. The van der Waals surface area contributed by atoms with Crippen LogP contribution in [0.4, 0.5) is 0 Å². The number of carbonyl (C=O) groups is 1. The van der Waals surface area contributed by atoms with Gasteiger partial charge in [0.2, 0.25) is 0 Å². The molecule has 3 atom stereocenters. The Hall–Kier alpha value is -1.19. The third-order valence-electron chi connectivity index (χ3n) is 6.12. The zero-order valence-electron chi connectivity index (χ0n) is 14.9. The molecule has 23 heavy (non-hydrogen) atoms. The zero-order valence-corrected chi connectivity index (χ0v) is 14.9. The van der Waals surface area contributed by atoms with E-state index in [4.69, 9.17) is 0 Å². The summed E-state index contributed by atoms with van der Waals surface area (Å²) in [5, 5.41) is 0. The van der Waals surface area contributed by atoms with E-state index in [9.17, 15) is 4.79 Å². The third-order valence-corrected chi connectivity index (χ3v) is 6.12. The van der Waals surface area contributed by atoms with Crippen LogP contribution >= 0.6 is 0 Å². The minimum absolute atomic E-state index is 0.233. The lowest BCUT2D eigenvalue weighted by atomic mass is 9.86. The zero-order chi connectivity index (χ0) is 16.4. The molecule has 0 aromatic heterocycles. The van der Waals surface area contributed by atoms with Crippen LogP contribution in [0.2, 0.25) is 0 Å². The van der Waals surface area contributed by atoms with Crippen molar-refractivity contribution < 1.29 is 9.28 Å². The van der Waals surface area contributed by atoms with E-state index in [1.807, 2.05) is 0 Å². The third kappa shape index (κ3) is 3.51. The number of quaternary nitrogens is 1. The van der Waals surface area contributed by atoms with Gasteiger partial charge in [-0.15, -0.1) is 0 Å². The van der Waals surface area contributed by atoms with Crippen LogP contribution in [0, 0.1) is 11.8 Å². The Balaban J connectivity index is 1.58. The highest BCUT2D eigenvalue weighted by molar-refractivity contribution is 5.83. The molecule has 0 radical (unpaired) electrons. The molecule has 2 saturated heterocycles. The van der Waals surface area contributed by atoms with Crippen molar-refractivity contribution in [2.45, 2.75) is 33.2 Å². The Morgan fingerprint density at radius 3 is 2.35 bits per heavy atom. The molecule has 126 valence electrons. The second-order valence-corrected chi connectivity index (χ2v) is 7.90. The van der Waals surface area contributed by atoms with Gasteiger partial charge in [0, 0.05) is 13.1 Å². The van der Waals surface area contributed by atoms with E-state index in [0.29, 0.717) is 11.8 Å². The van der Waals surface area contributed by atoms with Crippen LogP contribution in [0.3, 0.4) is 0 Å². The fraction of sp³-hybridized carbons (Fsp3) is 0.650. The molecule has 3 nitrogen and oxygen atoms in total. The van der Waals surface area contributed by atoms with Crippen molar-refractivity contribution in [2.24, 2.45) is 11.8 Å². The molecule has 0 bridgehead atoms. The van der Waals surface area contributed by atoms with Crippen LogP contribution < -0.4 is 0 Å². The summed E-state index contributed by atoms with van der Waals surface area (Å²) < 4.78 is 1.16. The van der Waals surface area contributed by atoms with Crippen molar-refractivity contribution in [3.8, 4) is 0 Å². The molecule has 2 aliphatic rings. The number of rotatable bonds is 3. The van der Waals surface area contributed by atoms with Crippen molar-refractivity contribution >= 4 is 5.78 Å². The first-order chi connectivity index (χ1) is 11.0. The van der Waals surface area contributed by atoms with Gasteiger partial charge in [0.05, 0.1) is 44.1 Å². The summed E-state index contributed by atoms with van der Waals surface area (Å²) in [6.45, 7) is 13.5. The summed E-state index contributed by atoms with van der Waals surface area (Å²) in [4.78, 5) is 14.8. The standard InChI is InChI=1S/C20H31N2O/c1-16-14-22(15-17(2)20(16)23)12-11-21(13-18(22)3)10-9-19-7-5-4-6-8-19/h4-8,16-18H,9-15H2,1-3H3/q+1. The number of hydrogen-bond acceptors (Lipinski definition) is 2. The molecule has 1 aromatic rings. The Kier molecular flexibility index (Phi) is 4.88. The van der Waals surface area contributed by atoms with Crippen LogP contribution in [0.25, 0.3) is 0 Å². The first-order valence-corrected chi connectivity index (χ1v) is 9.16. The summed E-state index contributed by atoms with van der Waals surface area (Å²) in [6, 6.07) is 11.4. The van der Waals surface area contributed by atoms with Gasteiger partial charge in [0.15, 0.2) is 0 Å². The maximum Gasteiger partial charge on any atom is 0.149 e. The van der Waals surface area contributed by atoms with Crippen molar-refractivity contribution in [3.05, 3.63) is 35.9 Å². The van der Waals surface area contributed by atoms with Crippen molar-refractivity contribution in [3.63, 3.8) is 0 Å². The lowest BCUT2D eigenvalue weighted by molar-refractivity contribution is -0.959. The maximum atomic E-state index is 12.2. The Morgan fingerprint density at radius 2 is 1.74 bits per heavy atom. The number of benzene rings is 1. The first kappa shape index (κ1) is 16.7. The van der Waals surface area contributed by atoms with Crippen molar-refractivity contribution in [2.75, 3.05) is 39.3 Å². The predicted molar refractivity (Wildman–Crippen MR) is 94.2 cm³/mol. The largest absolute Gasteiger partial charge is 0.318 e. The molecule has 0 N–H and O–H groups in total. The van der Waals surface area contributed by atoms with Crippen LogP contribution in [0.5, 0.6) is 0 Å². The van der Waals surface area contributed by atoms with Crippen molar-refractivity contribution in [1.82, 2.24) is 4.90 Å². The number of hydrogen-bond donors (Lipinski definition) is 0. The highest BCUT2D eigenvalue weighted by atomic mass is 16.1. The van der Waals surface area contributed by atoms with Gasteiger partial charge in [-0.2, -0.15) is 0 Å². The topological polar surface area (TPSA) is 20.3 Å². The quantitative estimate of drug-likeness (QED) is 0.799. The van der Waals surface area contributed by atoms with Crippen molar-refractivity contribution in [1.29, 1.82) is 0 Å². The number of piperazine rings is 1. The van der Waals surface area contributed by atoms with Gasteiger partial charge in [0.25, 0.3) is 0 Å². The average molecular weight is 315 g/mol. The van der Waals surface area contributed by atoms with Gasteiger partial charge < -0.3 is 4.48 Å². The van der Waals surface area contributed by atoms with E-state index in [1.165, 1.54) is 25.2 Å². The minimum Gasteiger partial charge on any atom is -0.318 e. The fourth-order valence-corrected chi connectivity index (χ4v) is 4.71. The average Bonchev–Trinajstić information content (AvgIpc) is 2.55. The monoisotopic (exact) mass is 315 g/mol. The van der Waals surface area contributed by atoms with Crippen LogP contribution in [0.1, 0.15) is 26.3 Å². The van der Waals surface area contributed by atoms with E-state index in [1.54, 1.807) is 0 Å². The summed E-state index contributed by atoms with van der Waals surface area (Å²) in [6.07, 6.45) is 1.14. The van der Waals surface area contributed by atoms with Gasteiger partial charge in [-0.3, -0.25) is 9.69 Å². The summed E-state index contributed by atoms with van der Waals surface area (Å²) >= 11 is 0. The van der Waals surface area contributed by atoms with Crippen LogP contribution in [-0.4, -0.2) is 60.5 Å². The molecule has 2 fully saturated rings. The molecular weight excluding hydrogens is 284 g/mol. The van der Waals surface area contributed by atoms with Gasteiger partial charge in [-0.1, -0.05) is 44.2 Å². The second-order valence-electron chi connectivity index (χ2n) is 7.90. The van der Waals surface area contributed by atoms with E-state index < -0.39 is 0 Å². The Labute approximate surface area is 140 Å². The summed E-state index contributed by atoms with van der Waals surface area (Å²) in [5.74, 6) is 0.946. The van der Waals surface area contributed by atoms with Gasteiger partial charge in [-0.05, 0) is 18.9 Å². The molecule has 2 aliphatic heterocycles. The highest BCUT2D eigenvalue weighted by Gasteiger charge is 2.47. The highest BCUT2D eigenvalue weighted by Crippen LogP contribution is 2.30. The molecule has 2 heterocycles. The molecule has 0 saturated carbocycles. The SMILES string of the molecule is CC1C[N+]2(CCN(CCc3ccccc3)CC2C)CC(C)C1=O. The Morgan fingerprint density at radius 1 is 1.09 bits per heavy atom. The lowest BCUT2D eigenvalue weighted by Crippen LogP contribution is -2.70. The summed E-state index contributed by atoms with van der Waals surface area (Å²) in [7, 11) is 0. The minimum atomic E-state index is 0.233. The van der Waals surface area contributed by atoms with E-state index in [-0.39, 0.29) is 11.8 Å². The molecule has 0 aliphatic carbocycles. The normalized spacial score (nSPS) is 35.6. The number of Topliss-reactive ketones (excluding diaryl/α,β-unsaturated/α-hetero) is 1. The predicted octanol–water partition coefficient (Wildman–Crippen LogP) is 2.60. The van der Waals surface area contributed by atoms with E-state index in [0.717, 1.165) is 30.5 Å². The Bertz CT molecular complexity index is 528. The van der Waals surface area contributed by atoms with E-state index >= 15 is 0 Å². The summed E-state index contributed by atoms with van der Waals surface area (Å²) in [5.41, 5.74) is 1.43. The molecule has 0 amide bonds. The molecule has 1 aromatic carbocycles. The van der Waals surface area contributed by atoms with Gasteiger partial charge >= 0.3 is 0 Å². The first-order valence-electron chi connectivity index (χ1n) is 9.16. The number of piperidine rings is 1. The van der Waals surface area contributed by atoms with Crippen LogP contribution in [0.15, 0.2) is 30.3 Å². The smallest absolute Gasteiger partial charge is 0.149 e. The van der Waals surface area contributed by atoms with Gasteiger partial charge in [-0.25, -0.2) is 0 Å². The molecule has 3 unspecified atom stereocenters. The van der Waals surface area contributed by atoms with Gasteiger partial charge in [0.1, 0.15) is 5.78 Å². The number of nitrogens with zero attached hydrogens (tertiary/aromatic N) is 2. The molecular formula is C20H31N2O+. The molecule has 3 rings (SSSR count). The number of carbonyl (C=O) groups excluding carboxylic acids is 1. The van der Waals surface area contributed by atoms with E-state index in [2.05, 4.69) is 56.0 Å². The second kappa shape index (κ2) is 6.74.